The van der Waals surface area contributed by atoms with E-state index in [9.17, 15) is 0 Å². The number of ether oxygens (including phenoxy) is 1. The molecule has 0 bridgehead atoms. The molecule has 2 rings (SSSR count). The highest BCUT2D eigenvalue weighted by atomic mass is 79.9. The monoisotopic (exact) mass is 299 g/mol. The maximum Gasteiger partial charge on any atom is 0.247 e. The minimum atomic E-state index is 0.183. The summed E-state index contributed by atoms with van der Waals surface area (Å²) in [4.78, 5) is 7.64. The van der Waals surface area contributed by atoms with Gasteiger partial charge in [-0.05, 0) is 24.3 Å². The van der Waals surface area contributed by atoms with Gasteiger partial charge in [0.1, 0.15) is 17.8 Å². The SMILES string of the molecule is Nc1c(Cl)ncnc1Oc1ccc(Br)cc1. The van der Waals surface area contributed by atoms with E-state index in [1.807, 2.05) is 12.1 Å². The smallest absolute Gasteiger partial charge is 0.247 e. The van der Waals surface area contributed by atoms with E-state index in [0.717, 1.165) is 4.47 Å². The first-order valence-corrected chi connectivity index (χ1v) is 5.53. The van der Waals surface area contributed by atoms with Crippen LogP contribution in [0, 0.1) is 0 Å². The summed E-state index contributed by atoms with van der Waals surface area (Å²) in [6.45, 7) is 0. The van der Waals surface area contributed by atoms with Crippen molar-refractivity contribution in [2.75, 3.05) is 5.73 Å². The van der Waals surface area contributed by atoms with Gasteiger partial charge in [0.2, 0.25) is 5.88 Å². The molecule has 82 valence electrons. The number of hydrogen-bond acceptors (Lipinski definition) is 4. The van der Waals surface area contributed by atoms with Crippen molar-refractivity contribution in [2.24, 2.45) is 0 Å². The number of nitrogen functional groups attached to an aromatic ring is 1. The summed E-state index contributed by atoms with van der Waals surface area (Å²) in [6, 6.07) is 7.29. The van der Waals surface area contributed by atoms with Gasteiger partial charge < -0.3 is 10.5 Å². The highest BCUT2D eigenvalue weighted by Gasteiger charge is 2.07. The lowest BCUT2D eigenvalue weighted by molar-refractivity contribution is 0.464. The Labute approximate surface area is 106 Å². The van der Waals surface area contributed by atoms with Gasteiger partial charge >= 0.3 is 0 Å². The standard InChI is InChI=1S/C10H7BrClN3O/c11-6-1-3-7(4-2-6)16-10-8(13)9(12)14-5-15-10/h1-5H,13H2. The summed E-state index contributed by atoms with van der Waals surface area (Å²) in [5, 5.41) is 0.183. The normalized spacial score (nSPS) is 10.1. The van der Waals surface area contributed by atoms with E-state index in [0.29, 0.717) is 5.75 Å². The van der Waals surface area contributed by atoms with Crippen molar-refractivity contribution in [3.05, 3.63) is 40.2 Å². The number of rotatable bonds is 2. The Morgan fingerprint density at radius 2 is 1.88 bits per heavy atom. The van der Waals surface area contributed by atoms with Gasteiger partial charge in [0, 0.05) is 4.47 Å². The number of anilines is 1. The molecule has 1 aromatic heterocycles. The molecule has 4 nitrogen and oxygen atoms in total. The lowest BCUT2D eigenvalue weighted by Crippen LogP contribution is -1.97. The summed E-state index contributed by atoms with van der Waals surface area (Å²) in [6.07, 6.45) is 1.30. The molecule has 0 spiro atoms. The number of aromatic nitrogens is 2. The Hall–Kier alpha value is -1.33. The van der Waals surface area contributed by atoms with Crippen LogP contribution in [-0.4, -0.2) is 9.97 Å². The number of hydrogen-bond donors (Lipinski definition) is 1. The first-order valence-electron chi connectivity index (χ1n) is 4.36. The quantitative estimate of drug-likeness (QED) is 0.865. The average Bonchev–Trinajstić information content (AvgIpc) is 2.28. The molecule has 2 aromatic rings. The van der Waals surface area contributed by atoms with E-state index in [1.165, 1.54) is 6.33 Å². The number of nitrogens with two attached hydrogens (primary N) is 1. The summed E-state index contributed by atoms with van der Waals surface area (Å²) in [5.41, 5.74) is 5.90. The van der Waals surface area contributed by atoms with Crippen molar-refractivity contribution in [1.29, 1.82) is 0 Å². The first-order chi connectivity index (χ1) is 7.66. The van der Waals surface area contributed by atoms with Gasteiger partial charge in [-0.2, -0.15) is 4.98 Å². The Bertz CT molecular complexity index is 504. The molecular formula is C10H7BrClN3O. The molecule has 16 heavy (non-hydrogen) atoms. The minimum absolute atomic E-state index is 0.183. The summed E-state index contributed by atoms with van der Waals surface area (Å²) in [7, 11) is 0. The van der Waals surface area contributed by atoms with Gasteiger partial charge in [0.05, 0.1) is 0 Å². The molecule has 1 aromatic carbocycles. The second-order valence-corrected chi connectivity index (χ2v) is 4.21. The zero-order valence-corrected chi connectivity index (χ0v) is 10.4. The molecular weight excluding hydrogens is 293 g/mol. The summed E-state index contributed by atoms with van der Waals surface area (Å²) >= 11 is 9.07. The summed E-state index contributed by atoms with van der Waals surface area (Å²) in [5.74, 6) is 0.881. The fourth-order valence-electron chi connectivity index (χ4n) is 1.05. The van der Waals surface area contributed by atoms with Gasteiger partial charge in [-0.3, -0.25) is 0 Å². The molecule has 0 aliphatic heterocycles. The van der Waals surface area contributed by atoms with Crippen molar-refractivity contribution in [3.63, 3.8) is 0 Å². The maximum atomic E-state index is 5.74. The van der Waals surface area contributed by atoms with Crippen molar-refractivity contribution in [2.45, 2.75) is 0 Å². The molecule has 0 aliphatic rings. The second-order valence-electron chi connectivity index (χ2n) is 2.94. The van der Waals surface area contributed by atoms with Crippen molar-refractivity contribution in [3.8, 4) is 11.6 Å². The third-order valence-corrected chi connectivity index (χ3v) is 2.66. The van der Waals surface area contributed by atoms with Crippen LogP contribution in [0.5, 0.6) is 11.6 Å². The molecule has 0 unspecified atom stereocenters. The number of halogens is 2. The summed E-state index contributed by atoms with van der Waals surface area (Å²) < 4.78 is 6.43. The lowest BCUT2D eigenvalue weighted by atomic mass is 10.3. The van der Waals surface area contributed by atoms with E-state index >= 15 is 0 Å². The zero-order valence-electron chi connectivity index (χ0n) is 8.02. The fourth-order valence-corrected chi connectivity index (χ4v) is 1.44. The van der Waals surface area contributed by atoms with Crippen LogP contribution in [-0.2, 0) is 0 Å². The predicted molar refractivity (Wildman–Crippen MR) is 65.7 cm³/mol. The van der Waals surface area contributed by atoms with E-state index < -0.39 is 0 Å². The van der Waals surface area contributed by atoms with Crippen LogP contribution >= 0.6 is 27.5 Å². The van der Waals surface area contributed by atoms with Crippen LogP contribution in [0.15, 0.2) is 35.1 Å². The highest BCUT2D eigenvalue weighted by Crippen LogP contribution is 2.29. The lowest BCUT2D eigenvalue weighted by Gasteiger charge is -2.07. The molecule has 0 radical (unpaired) electrons. The van der Waals surface area contributed by atoms with Crippen molar-refractivity contribution < 1.29 is 4.74 Å². The highest BCUT2D eigenvalue weighted by molar-refractivity contribution is 9.10. The van der Waals surface area contributed by atoms with E-state index in [4.69, 9.17) is 22.1 Å². The third-order valence-electron chi connectivity index (χ3n) is 1.83. The largest absolute Gasteiger partial charge is 0.437 e. The first kappa shape index (κ1) is 11.2. The Kier molecular flexibility index (Phi) is 3.26. The molecule has 0 fully saturated rings. The molecule has 0 saturated carbocycles. The van der Waals surface area contributed by atoms with Crippen molar-refractivity contribution >= 4 is 33.2 Å². The zero-order chi connectivity index (χ0) is 11.5. The molecule has 6 heteroatoms. The molecule has 0 saturated heterocycles. The molecule has 0 amide bonds. The topological polar surface area (TPSA) is 61.0 Å². The van der Waals surface area contributed by atoms with Gasteiger partial charge in [0.15, 0.2) is 5.15 Å². The van der Waals surface area contributed by atoms with Crippen LogP contribution in [0.4, 0.5) is 5.69 Å². The van der Waals surface area contributed by atoms with Crippen LogP contribution in [0.25, 0.3) is 0 Å². The van der Waals surface area contributed by atoms with Gasteiger partial charge in [-0.1, -0.05) is 27.5 Å². The predicted octanol–water partition coefficient (Wildman–Crippen LogP) is 3.27. The number of nitrogens with zero attached hydrogens (tertiary/aromatic N) is 2. The average molecular weight is 301 g/mol. The Morgan fingerprint density at radius 3 is 2.56 bits per heavy atom. The van der Waals surface area contributed by atoms with Gasteiger partial charge in [-0.15, -0.1) is 0 Å². The maximum absolute atomic E-state index is 5.74. The molecule has 2 N–H and O–H groups in total. The van der Waals surface area contributed by atoms with Crippen LogP contribution in [0.3, 0.4) is 0 Å². The second kappa shape index (κ2) is 4.67. The minimum Gasteiger partial charge on any atom is -0.437 e. The third kappa shape index (κ3) is 2.43. The van der Waals surface area contributed by atoms with Crippen LogP contribution < -0.4 is 10.5 Å². The Morgan fingerprint density at radius 1 is 1.19 bits per heavy atom. The molecule has 0 aliphatic carbocycles. The van der Waals surface area contributed by atoms with E-state index in [1.54, 1.807) is 12.1 Å². The fraction of sp³-hybridized carbons (Fsp3) is 0. The van der Waals surface area contributed by atoms with Gasteiger partial charge in [0.25, 0.3) is 0 Å². The molecule has 1 heterocycles. The Balaban J connectivity index is 2.27. The van der Waals surface area contributed by atoms with Crippen LogP contribution in [0.1, 0.15) is 0 Å². The molecule has 0 atom stereocenters. The number of benzene rings is 1. The van der Waals surface area contributed by atoms with Crippen molar-refractivity contribution in [1.82, 2.24) is 9.97 Å². The van der Waals surface area contributed by atoms with Crippen LogP contribution in [0.2, 0.25) is 5.15 Å². The van der Waals surface area contributed by atoms with E-state index in [-0.39, 0.29) is 16.7 Å². The van der Waals surface area contributed by atoms with Gasteiger partial charge in [-0.25, -0.2) is 4.98 Å². The van der Waals surface area contributed by atoms with E-state index in [2.05, 4.69) is 25.9 Å².